The second-order valence-corrected chi connectivity index (χ2v) is 5.79. The van der Waals surface area contributed by atoms with Gasteiger partial charge in [0.15, 0.2) is 0 Å². The highest BCUT2D eigenvalue weighted by Crippen LogP contribution is 2.56. The minimum absolute atomic E-state index is 0.0621. The van der Waals surface area contributed by atoms with E-state index in [0.717, 1.165) is 19.5 Å². The van der Waals surface area contributed by atoms with Crippen LogP contribution in [-0.4, -0.2) is 29.2 Å². The minimum Gasteiger partial charge on any atom is -0.393 e. The van der Waals surface area contributed by atoms with Crippen molar-refractivity contribution in [1.29, 1.82) is 0 Å². The maximum absolute atomic E-state index is 10.1. The molecule has 0 aliphatic heterocycles. The van der Waals surface area contributed by atoms with Crippen molar-refractivity contribution in [2.45, 2.75) is 26.0 Å². The molecule has 1 aromatic rings. The van der Waals surface area contributed by atoms with Crippen LogP contribution < -0.4 is 0 Å². The number of allylic oxidation sites excluding steroid dienone is 1. The molecule has 3 atom stereocenters. The quantitative estimate of drug-likeness (QED) is 0.608. The van der Waals surface area contributed by atoms with Gasteiger partial charge in [0.05, 0.1) is 12.6 Å². The molecule has 0 spiro atoms. The number of nitrogens with zero attached hydrogens (tertiary/aromatic N) is 1. The smallest absolute Gasteiger partial charge is 0.0602 e. The first-order chi connectivity index (χ1) is 9.62. The summed E-state index contributed by atoms with van der Waals surface area (Å²) < 4.78 is 0. The van der Waals surface area contributed by atoms with E-state index in [1.165, 1.54) is 5.56 Å². The summed E-state index contributed by atoms with van der Waals surface area (Å²) in [5.74, 6) is 3.13. The van der Waals surface area contributed by atoms with Gasteiger partial charge in [-0.25, -0.2) is 0 Å². The summed E-state index contributed by atoms with van der Waals surface area (Å²) >= 11 is 0. The van der Waals surface area contributed by atoms with Crippen LogP contribution in [0.4, 0.5) is 0 Å². The van der Waals surface area contributed by atoms with Crippen LogP contribution in [0.25, 0.3) is 0 Å². The summed E-state index contributed by atoms with van der Waals surface area (Å²) in [5.41, 5.74) is 1.19. The van der Waals surface area contributed by atoms with Crippen molar-refractivity contribution in [3.8, 4) is 12.3 Å². The maximum atomic E-state index is 10.1. The molecule has 0 bridgehead atoms. The Hall–Kier alpha value is -1.56. The fourth-order valence-corrected chi connectivity index (χ4v) is 3.02. The maximum Gasteiger partial charge on any atom is 0.0602 e. The Kier molecular flexibility index (Phi) is 4.65. The van der Waals surface area contributed by atoms with Gasteiger partial charge in [-0.15, -0.1) is 13.0 Å². The molecule has 1 fully saturated rings. The zero-order valence-electron chi connectivity index (χ0n) is 12.1. The van der Waals surface area contributed by atoms with E-state index in [4.69, 9.17) is 6.42 Å². The Morgan fingerprint density at radius 1 is 1.55 bits per heavy atom. The second-order valence-electron chi connectivity index (χ2n) is 5.79. The molecule has 1 aliphatic rings. The van der Waals surface area contributed by atoms with Gasteiger partial charge in [-0.3, -0.25) is 4.90 Å². The van der Waals surface area contributed by atoms with Crippen molar-refractivity contribution in [3.63, 3.8) is 0 Å². The summed E-state index contributed by atoms with van der Waals surface area (Å²) in [6, 6.07) is 10.3. The minimum atomic E-state index is -0.332. The molecule has 2 heteroatoms. The van der Waals surface area contributed by atoms with Gasteiger partial charge < -0.3 is 5.11 Å². The Morgan fingerprint density at radius 2 is 2.25 bits per heavy atom. The van der Waals surface area contributed by atoms with Gasteiger partial charge in [0.25, 0.3) is 0 Å². The van der Waals surface area contributed by atoms with Gasteiger partial charge in [0.1, 0.15) is 0 Å². The summed E-state index contributed by atoms with van der Waals surface area (Å²) in [6.07, 6.45) is 8.12. The third-order valence-corrected chi connectivity index (χ3v) is 4.38. The molecule has 0 radical (unpaired) electrons. The van der Waals surface area contributed by atoms with Gasteiger partial charge in [-0.05, 0) is 24.8 Å². The predicted molar refractivity (Wildman–Crippen MR) is 83.0 cm³/mol. The lowest BCUT2D eigenvalue weighted by atomic mass is 9.96. The van der Waals surface area contributed by atoms with Gasteiger partial charge in [0, 0.05) is 18.5 Å². The van der Waals surface area contributed by atoms with Crippen LogP contribution in [0.15, 0.2) is 43.0 Å². The van der Waals surface area contributed by atoms with Crippen molar-refractivity contribution in [3.05, 3.63) is 48.6 Å². The molecule has 1 N–H and O–H groups in total. The summed E-state index contributed by atoms with van der Waals surface area (Å²) in [4.78, 5) is 2.24. The lowest BCUT2D eigenvalue weighted by Gasteiger charge is -2.28. The number of hydrogen-bond donors (Lipinski definition) is 1. The van der Waals surface area contributed by atoms with E-state index in [1.54, 1.807) is 0 Å². The third kappa shape index (κ3) is 3.12. The van der Waals surface area contributed by atoms with Gasteiger partial charge in [-0.2, -0.15) is 0 Å². The predicted octanol–water partition coefficient (Wildman–Crippen LogP) is 2.69. The zero-order chi connectivity index (χ0) is 14.6. The molecular weight excluding hydrogens is 246 g/mol. The molecule has 3 unspecified atom stereocenters. The molecule has 0 heterocycles. The standard InChI is InChI=1S/C18H23NO/c1-4-11-19(13-16-9-7-6-8-10-16)14-18(15(3)20)12-17(18)5-2/h1,5-10,15,17,20H,2,11-14H2,3H3. The van der Waals surface area contributed by atoms with E-state index < -0.39 is 0 Å². The summed E-state index contributed by atoms with van der Waals surface area (Å²) in [5, 5.41) is 10.1. The van der Waals surface area contributed by atoms with Gasteiger partial charge in [0.2, 0.25) is 0 Å². The Bertz CT molecular complexity index is 488. The van der Waals surface area contributed by atoms with Crippen LogP contribution in [0.2, 0.25) is 0 Å². The third-order valence-electron chi connectivity index (χ3n) is 4.38. The topological polar surface area (TPSA) is 23.5 Å². The molecular formula is C18H23NO. The summed E-state index contributed by atoms with van der Waals surface area (Å²) in [6.45, 7) is 7.99. The van der Waals surface area contributed by atoms with Crippen LogP contribution >= 0.6 is 0 Å². The fourth-order valence-electron chi connectivity index (χ4n) is 3.02. The summed E-state index contributed by atoms with van der Waals surface area (Å²) in [7, 11) is 0. The molecule has 20 heavy (non-hydrogen) atoms. The van der Waals surface area contributed by atoms with Crippen molar-refractivity contribution in [2.24, 2.45) is 11.3 Å². The SMILES string of the molecule is C#CCN(Cc1ccccc1)CC1(C(C)O)CC1C=C. The first-order valence-corrected chi connectivity index (χ1v) is 7.12. The largest absolute Gasteiger partial charge is 0.393 e. The Morgan fingerprint density at radius 3 is 2.75 bits per heavy atom. The number of rotatable bonds is 7. The highest BCUT2D eigenvalue weighted by Gasteiger charge is 2.56. The van der Waals surface area contributed by atoms with Crippen LogP contribution in [0, 0.1) is 23.7 Å². The lowest BCUT2D eigenvalue weighted by Crippen LogP contribution is -2.36. The van der Waals surface area contributed by atoms with E-state index in [-0.39, 0.29) is 11.5 Å². The van der Waals surface area contributed by atoms with E-state index in [0.29, 0.717) is 12.5 Å². The highest BCUT2D eigenvalue weighted by molar-refractivity contribution is 5.17. The van der Waals surface area contributed by atoms with Crippen molar-refractivity contribution in [2.75, 3.05) is 13.1 Å². The van der Waals surface area contributed by atoms with Crippen LogP contribution in [0.3, 0.4) is 0 Å². The number of terminal acetylenes is 1. The fraction of sp³-hybridized carbons (Fsp3) is 0.444. The van der Waals surface area contributed by atoms with E-state index in [1.807, 2.05) is 31.2 Å². The van der Waals surface area contributed by atoms with Gasteiger partial charge in [-0.1, -0.05) is 42.3 Å². The zero-order valence-corrected chi connectivity index (χ0v) is 12.1. The number of hydrogen-bond acceptors (Lipinski definition) is 2. The number of benzene rings is 1. The van der Waals surface area contributed by atoms with Crippen LogP contribution in [0.1, 0.15) is 18.9 Å². The monoisotopic (exact) mass is 269 g/mol. The lowest BCUT2D eigenvalue weighted by molar-refractivity contribution is 0.0726. The van der Waals surface area contributed by atoms with Crippen molar-refractivity contribution >= 4 is 0 Å². The number of aliphatic hydroxyl groups is 1. The van der Waals surface area contributed by atoms with Crippen LogP contribution in [-0.2, 0) is 6.54 Å². The molecule has 2 nitrogen and oxygen atoms in total. The first kappa shape index (κ1) is 14.8. The average Bonchev–Trinajstić information content (AvgIpc) is 3.15. The number of aliphatic hydroxyl groups excluding tert-OH is 1. The molecule has 0 amide bonds. The Balaban J connectivity index is 2.06. The molecule has 1 saturated carbocycles. The molecule has 1 aromatic carbocycles. The second kappa shape index (κ2) is 6.26. The molecule has 0 aromatic heterocycles. The normalized spacial score (nSPS) is 26.0. The van der Waals surface area contributed by atoms with E-state index in [9.17, 15) is 5.11 Å². The van der Waals surface area contributed by atoms with Gasteiger partial charge >= 0.3 is 0 Å². The van der Waals surface area contributed by atoms with E-state index >= 15 is 0 Å². The average molecular weight is 269 g/mol. The van der Waals surface area contributed by atoms with E-state index in [2.05, 4.69) is 29.5 Å². The van der Waals surface area contributed by atoms with Crippen molar-refractivity contribution < 1.29 is 5.11 Å². The molecule has 106 valence electrons. The van der Waals surface area contributed by atoms with Crippen LogP contribution in [0.5, 0.6) is 0 Å². The molecule has 1 aliphatic carbocycles. The molecule has 2 rings (SSSR count). The van der Waals surface area contributed by atoms with Crippen molar-refractivity contribution in [1.82, 2.24) is 4.90 Å². The first-order valence-electron chi connectivity index (χ1n) is 7.12. The Labute approximate surface area is 122 Å². The highest BCUT2D eigenvalue weighted by atomic mass is 16.3. The molecule has 0 saturated heterocycles.